The highest BCUT2D eigenvalue weighted by atomic mass is 16.5. The van der Waals surface area contributed by atoms with Crippen LogP contribution in [0.3, 0.4) is 0 Å². The number of aromatic nitrogens is 1. The lowest BCUT2D eigenvalue weighted by atomic mass is 10.1. The molecule has 1 heterocycles. The van der Waals surface area contributed by atoms with Gasteiger partial charge in [0.05, 0.1) is 24.4 Å². The molecule has 3 heteroatoms. The third-order valence-corrected chi connectivity index (χ3v) is 2.66. The molecule has 0 radical (unpaired) electrons. The maximum atomic E-state index is 9.54. The summed E-state index contributed by atoms with van der Waals surface area (Å²) < 4.78 is 5.31. The van der Waals surface area contributed by atoms with E-state index in [2.05, 4.69) is 4.98 Å². The van der Waals surface area contributed by atoms with Crippen LogP contribution in [0.5, 0.6) is 5.75 Å². The Balaban J connectivity index is 2.75. The fourth-order valence-electron chi connectivity index (χ4n) is 1.86. The number of nitrogens with zero attached hydrogens (tertiary/aromatic N) is 1. The summed E-state index contributed by atoms with van der Waals surface area (Å²) >= 11 is 0. The second-order valence-electron chi connectivity index (χ2n) is 3.89. The number of ether oxygens (including phenoxy) is 1. The predicted molar refractivity (Wildman–Crippen MR) is 63.7 cm³/mol. The number of hydrogen-bond acceptors (Lipinski definition) is 3. The quantitative estimate of drug-likeness (QED) is 0.840. The summed E-state index contributed by atoms with van der Waals surface area (Å²) in [5.74, 6) is 0.819. The second-order valence-corrected chi connectivity index (χ2v) is 3.89. The number of hydrogen-bond donors (Lipinski definition) is 1. The number of pyridine rings is 1. The number of benzene rings is 1. The minimum atomic E-state index is -0.547. The predicted octanol–water partition coefficient (Wildman–Crippen LogP) is 2.61. The topological polar surface area (TPSA) is 42.4 Å². The van der Waals surface area contributed by atoms with Gasteiger partial charge in [0, 0.05) is 5.39 Å². The SMILES string of the molecule is COc1cccc2nc(C(C)O)cc(C)c12. The Bertz CT molecular complexity index is 521. The Hall–Kier alpha value is -1.61. The van der Waals surface area contributed by atoms with E-state index in [-0.39, 0.29) is 0 Å². The van der Waals surface area contributed by atoms with Crippen LogP contribution in [0.2, 0.25) is 0 Å². The van der Waals surface area contributed by atoms with Gasteiger partial charge in [-0.15, -0.1) is 0 Å². The zero-order chi connectivity index (χ0) is 11.7. The van der Waals surface area contributed by atoms with E-state index in [1.54, 1.807) is 14.0 Å². The molecule has 0 fully saturated rings. The molecule has 1 N–H and O–H groups in total. The van der Waals surface area contributed by atoms with Crippen molar-refractivity contribution in [2.75, 3.05) is 7.11 Å². The molecular weight excluding hydrogens is 202 g/mol. The highest BCUT2D eigenvalue weighted by molar-refractivity contribution is 5.88. The fourth-order valence-corrected chi connectivity index (χ4v) is 1.86. The number of fused-ring (bicyclic) bond motifs is 1. The van der Waals surface area contributed by atoms with Crippen LogP contribution in [-0.4, -0.2) is 17.2 Å². The molecule has 0 aliphatic rings. The van der Waals surface area contributed by atoms with Crippen molar-refractivity contribution in [1.82, 2.24) is 4.98 Å². The maximum Gasteiger partial charge on any atom is 0.128 e. The Kier molecular flexibility index (Phi) is 2.79. The Morgan fingerprint density at radius 3 is 2.75 bits per heavy atom. The average molecular weight is 217 g/mol. The van der Waals surface area contributed by atoms with Gasteiger partial charge in [-0.05, 0) is 37.6 Å². The van der Waals surface area contributed by atoms with E-state index in [0.29, 0.717) is 5.69 Å². The standard InChI is InChI=1S/C13H15NO2/c1-8-7-11(9(2)15)14-10-5-4-6-12(16-3)13(8)10/h4-7,9,15H,1-3H3. The van der Waals surface area contributed by atoms with Crippen LogP contribution in [0, 0.1) is 6.92 Å². The van der Waals surface area contributed by atoms with Crippen molar-refractivity contribution >= 4 is 10.9 Å². The summed E-state index contributed by atoms with van der Waals surface area (Å²) in [7, 11) is 1.65. The first-order valence-electron chi connectivity index (χ1n) is 5.26. The molecule has 0 spiro atoms. The number of rotatable bonds is 2. The van der Waals surface area contributed by atoms with Crippen molar-refractivity contribution in [1.29, 1.82) is 0 Å². The number of aliphatic hydroxyl groups is 1. The molecule has 2 aromatic rings. The van der Waals surface area contributed by atoms with E-state index in [4.69, 9.17) is 4.74 Å². The normalized spacial score (nSPS) is 12.8. The van der Waals surface area contributed by atoms with Gasteiger partial charge in [0.15, 0.2) is 0 Å². The van der Waals surface area contributed by atoms with Crippen molar-refractivity contribution in [2.45, 2.75) is 20.0 Å². The monoisotopic (exact) mass is 217 g/mol. The molecule has 3 nitrogen and oxygen atoms in total. The zero-order valence-electron chi connectivity index (χ0n) is 9.69. The maximum absolute atomic E-state index is 9.54. The van der Waals surface area contributed by atoms with Gasteiger partial charge >= 0.3 is 0 Å². The van der Waals surface area contributed by atoms with Crippen LogP contribution in [0.4, 0.5) is 0 Å². The molecule has 0 saturated carbocycles. The third-order valence-electron chi connectivity index (χ3n) is 2.66. The minimum Gasteiger partial charge on any atom is -0.496 e. The van der Waals surface area contributed by atoms with Crippen molar-refractivity contribution < 1.29 is 9.84 Å². The van der Waals surface area contributed by atoms with Crippen molar-refractivity contribution in [3.8, 4) is 5.75 Å². The summed E-state index contributed by atoms with van der Waals surface area (Å²) in [4.78, 5) is 4.41. The summed E-state index contributed by atoms with van der Waals surface area (Å²) in [6.45, 7) is 3.71. The summed E-state index contributed by atoms with van der Waals surface area (Å²) in [5.41, 5.74) is 2.62. The number of methoxy groups -OCH3 is 1. The van der Waals surface area contributed by atoms with Crippen LogP contribution < -0.4 is 4.74 Å². The Morgan fingerprint density at radius 2 is 2.12 bits per heavy atom. The first kappa shape index (κ1) is 10.9. The lowest BCUT2D eigenvalue weighted by molar-refractivity contribution is 0.194. The largest absolute Gasteiger partial charge is 0.496 e. The van der Waals surface area contributed by atoms with Gasteiger partial charge in [-0.1, -0.05) is 6.07 Å². The van der Waals surface area contributed by atoms with Crippen molar-refractivity contribution in [2.24, 2.45) is 0 Å². The molecule has 0 aliphatic carbocycles. The molecule has 0 bridgehead atoms. The summed E-state index contributed by atoms with van der Waals surface area (Å²) in [5, 5.41) is 10.5. The van der Waals surface area contributed by atoms with Crippen molar-refractivity contribution in [3.63, 3.8) is 0 Å². The van der Waals surface area contributed by atoms with E-state index in [1.165, 1.54) is 0 Å². The Labute approximate surface area is 94.7 Å². The van der Waals surface area contributed by atoms with Gasteiger partial charge in [0.1, 0.15) is 5.75 Å². The van der Waals surface area contributed by atoms with Crippen LogP contribution in [0.1, 0.15) is 24.3 Å². The van der Waals surface area contributed by atoms with Gasteiger partial charge in [0.25, 0.3) is 0 Å². The second kappa shape index (κ2) is 4.10. The summed E-state index contributed by atoms with van der Waals surface area (Å²) in [6.07, 6.45) is -0.547. The smallest absolute Gasteiger partial charge is 0.128 e. The first-order chi connectivity index (χ1) is 7.63. The van der Waals surface area contributed by atoms with E-state index in [1.807, 2.05) is 31.2 Å². The van der Waals surface area contributed by atoms with Crippen LogP contribution in [-0.2, 0) is 0 Å². The molecule has 84 valence electrons. The molecule has 1 aromatic carbocycles. The molecule has 0 amide bonds. The average Bonchev–Trinajstić information content (AvgIpc) is 2.27. The minimum absolute atomic E-state index is 0.547. The van der Waals surface area contributed by atoms with E-state index in [0.717, 1.165) is 22.2 Å². The van der Waals surface area contributed by atoms with Gasteiger partial charge < -0.3 is 9.84 Å². The van der Waals surface area contributed by atoms with Gasteiger partial charge in [-0.2, -0.15) is 0 Å². The number of aliphatic hydroxyl groups excluding tert-OH is 1. The lowest BCUT2D eigenvalue weighted by Crippen LogP contribution is -1.98. The molecule has 2 rings (SSSR count). The lowest BCUT2D eigenvalue weighted by Gasteiger charge is -2.11. The highest BCUT2D eigenvalue weighted by Gasteiger charge is 2.09. The summed E-state index contributed by atoms with van der Waals surface area (Å²) in [6, 6.07) is 7.64. The molecule has 0 saturated heterocycles. The molecule has 0 aliphatic heterocycles. The van der Waals surface area contributed by atoms with Gasteiger partial charge in [0.2, 0.25) is 0 Å². The zero-order valence-corrected chi connectivity index (χ0v) is 9.69. The Morgan fingerprint density at radius 1 is 1.38 bits per heavy atom. The van der Waals surface area contributed by atoms with Crippen molar-refractivity contribution in [3.05, 3.63) is 35.5 Å². The van der Waals surface area contributed by atoms with E-state index in [9.17, 15) is 5.11 Å². The highest BCUT2D eigenvalue weighted by Crippen LogP contribution is 2.28. The molecule has 1 unspecified atom stereocenters. The van der Waals surface area contributed by atoms with Crippen LogP contribution >= 0.6 is 0 Å². The van der Waals surface area contributed by atoms with Crippen LogP contribution in [0.15, 0.2) is 24.3 Å². The third kappa shape index (κ3) is 1.74. The first-order valence-corrected chi connectivity index (χ1v) is 5.26. The van der Waals surface area contributed by atoms with E-state index < -0.39 is 6.10 Å². The fraction of sp³-hybridized carbons (Fsp3) is 0.308. The number of aryl methyl sites for hydroxylation is 1. The van der Waals surface area contributed by atoms with Crippen LogP contribution in [0.25, 0.3) is 10.9 Å². The molecular formula is C13H15NO2. The van der Waals surface area contributed by atoms with Gasteiger partial charge in [-0.3, -0.25) is 0 Å². The van der Waals surface area contributed by atoms with Gasteiger partial charge in [-0.25, -0.2) is 4.98 Å². The van der Waals surface area contributed by atoms with E-state index >= 15 is 0 Å². The molecule has 16 heavy (non-hydrogen) atoms. The molecule has 1 atom stereocenters. The molecule has 1 aromatic heterocycles.